The van der Waals surface area contributed by atoms with Crippen molar-refractivity contribution in [3.05, 3.63) is 70.4 Å². The predicted octanol–water partition coefficient (Wildman–Crippen LogP) is 4.38. The second kappa shape index (κ2) is 10.9. The summed E-state index contributed by atoms with van der Waals surface area (Å²) in [6, 6.07) is 6.37. The van der Waals surface area contributed by atoms with Crippen LogP contribution >= 0.6 is 0 Å². The topological polar surface area (TPSA) is 155 Å². The monoisotopic (exact) mass is 587 g/mol. The Balaban J connectivity index is 1.97. The number of aliphatic hydroxyl groups is 1. The lowest BCUT2D eigenvalue weighted by atomic mass is 9.93. The van der Waals surface area contributed by atoms with Gasteiger partial charge in [0.2, 0.25) is 0 Å². The highest BCUT2D eigenvalue weighted by Crippen LogP contribution is 2.42. The summed E-state index contributed by atoms with van der Waals surface area (Å²) in [5, 5.41) is 32.4. The van der Waals surface area contributed by atoms with Crippen LogP contribution in [0.2, 0.25) is 0 Å². The molecule has 41 heavy (non-hydrogen) atoms. The molecule has 0 aromatic heterocycles. The second-order valence-corrected chi connectivity index (χ2v) is 11.7. The number of nitriles is 2. The maximum absolute atomic E-state index is 14.0. The van der Waals surface area contributed by atoms with Gasteiger partial charge < -0.3 is 10.4 Å². The van der Waals surface area contributed by atoms with E-state index in [1.54, 1.807) is 0 Å². The van der Waals surface area contributed by atoms with Crippen molar-refractivity contribution in [2.45, 2.75) is 55.4 Å². The molecule has 0 bridgehead atoms. The molecule has 4 rings (SSSR count). The molecule has 1 aliphatic carbocycles. The van der Waals surface area contributed by atoms with Gasteiger partial charge in [-0.1, -0.05) is 12.1 Å². The van der Waals surface area contributed by atoms with Crippen molar-refractivity contribution < 1.29 is 36.3 Å². The van der Waals surface area contributed by atoms with Crippen molar-refractivity contribution in [1.29, 1.82) is 10.5 Å². The molecular weight excluding hydrogens is 563 g/mol. The molecule has 2 aromatic carbocycles. The van der Waals surface area contributed by atoms with Crippen molar-refractivity contribution in [3.63, 3.8) is 0 Å². The molecule has 2 aromatic rings. The lowest BCUT2D eigenvalue weighted by Crippen LogP contribution is -2.57. The molecule has 0 radical (unpaired) electrons. The number of carbonyl (C=O) groups excluding carboxylic acids is 2. The molecule has 0 saturated heterocycles. The van der Waals surface area contributed by atoms with E-state index in [2.05, 4.69) is 5.32 Å². The summed E-state index contributed by atoms with van der Waals surface area (Å²) in [7, 11) is -4.08. The zero-order chi connectivity index (χ0) is 30.3. The first kappa shape index (κ1) is 29.6. The maximum atomic E-state index is 14.0. The number of anilines is 1. The van der Waals surface area contributed by atoms with Gasteiger partial charge in [-0.05, 0) is 62.1 Å². The number of hydrogen-bond acceptors (Lipinski definition) is 7. The molecule has 2 aliphatic rings. The number of alkyl halides is 3. The van der Waals surface area contributed by atoms with Gasteiger partial charge >= 0.3 is 18.2 Å². The van der Waals surface area contributed by atoms with Crippen molar-refractivity contribution in [1.82, 2.24) is 10.2 Å². The predicted molar refractivity (Wildman–Crippen MR) is 139 cm³/mol. The van der Waals surface area contributed by atoms with Gasteiger partial charge in [0, 0.05) is 12.0 Å². The minimum Gasteiger partial charge on any atom is -0.391 e. The van der Waals surface area contributed by atoms with E-state index in [1.165, 1.54) is 25.1 Å². The van der Waals surface area contributed by atoms with Crippen LogP contribution in [0.25, 0.3) is 0 Å². The summed E-state index contributed by atoms with van der Waals surface area (Å²) < 4.78 is 66.0. The molecule has 0 spiro atoms. The molecule has 1 heterocycles. The second-order valence-electron chi connectivity index (χ2n) is 9.74. The van der Waals surface area contributed by atoms with E-state index in [-0.39, 0.29) is 28.1 Å². The van der Waals surface area contributed by atoms with Crippen LogP contribution in [0.4, 0.5) is 28.4 Å². The first-order valence-corrected chi connectivity index (χ1v) is 14.2. The Bertz CT molecular complexity index is 1640. The van der Waals surface area contributed by atoms with E-state index in [0.29, 0.717) is 30.2 Å². The van der Waals surface area contributed by atoms with Gasteiger partial charge in [0.1, 0.15) is 6.04 Å². The van der Waals surface area contributed by atoms with Crippen LogP contribution in [0.15, 0.2) is 58.6 Å². The molecule has 1 aliphatic heterocycles. The largest absolute Gasteiger partial charge is 0.416 e. The van der Waals surface area contributed by atoms with E-state index in [9.17, 15) is 46.8 Å². The molecule has 3 atom stereocenters. The summed E-state index contributed by atoms with van der Waals surface area (Å²) in [4.78, 5) is 28.6. The molecule has 2 N–H and O–H groups in total. The summed E-state index contributed by atoms with van der Waals surface area (Å²) in [5.74, 6) is 0. The Morgan fingerprint density at radius 2 is 1.83 bits per heavy atom. The van der Waals surface area contributed by atoms with E-state index >= 15 is 0 Å². The number of benzene rings is 2. The Labute approximate surface area is 233 Å². The average Bonchev–Trinajstić information content (AvgIpc) is 3.31. The van der Waals surface area contributed by atoms with Gasteiger partial charge in [-0.3, -0.25) is 4.90 Å². The van der Waals surface area contributed by atoms with Gasteiger partial charge in [0.15, 0.2) is 9.84 Å². The third-order valence-electron chi connectivity index (χ3n) is 7.05. The first-order valence-electron chi connectivity index (χ1n) is 12.3. The van der Waals surface area contributed by atoms with Crippen LogP contribution < -0.4 is 10.2 Å². The van der Waals surface area contributed by atoms with E-state index in [1.807, 2.05) is 12.1 Å². The van der Waals surface area contributed by atoms with Gasteiger partial charge in [-0.15, -0.1) is 0 Å². The number of nitrogens with zero attached hydrogens (tertiary/aromatic N) is 4. The number of halogens is 3. The van der Waals surface area contributed by atoms with Crippen LogP contribution in [-0.4, -0.2) is 48.9 Å². The number of urea groups is 2. The number of carbonyl (C=O) groups is 2. The molecule has 2 unspecified atom stereocenters. The van der Waals surface area contributed by atoms with Gasteiger partial charge in [0.05, 0.1) is 51.6 Å². The van der Waals surface area contributed by atoms with Crippen molar-refractivity contribution >= 4 is 27.6 Å². The van der Waals surface area contributed by atoms with E-state index in [4.69, 9.17) is 0 Å². The number of sulfone groups is 1. The first-order chi connectivity index (χ1) is 19.2. The fraction of sp³-hybridized carbons (Fsp3) is 0.333. The fourth-order valence-corrected chi connectivity index (χ4v) is 6.01. The number of hydrogen-bond donors (Lipinski definition) is 2. The van der Waals surface area contributed by atoms with Gasteiger partial charge in [0.25, 0.3) is 0 Å². The Morgan fingerprint density at radius 1 is 1.12 bits per heavy atom. The zero-order valence-corrected chi connectivity index (χ0v) is 22.6. The Morgan fingerprint density at radius 3 is 2.39 bits per heavy atom. The smallest absolute Gasteiger partial charge is 0.391 e. The van der Waals surface area contributed by atoms with Gasteiger partial charge in [-0.2, -0.15) is 23.7 Å². The molecule has 14 heteroatoms. The van der Waals surface area contributed by atoms with Crippen molar-refractivity contribution in [2.24, 2.45) is 0 Å². The molecule has 1 saturated carbocycles. The number of nitrogens with one attached hydrogen (secondary N) is 1. The Kier molecular flexibility index (Phi) is 7.85. The van der Waals surface area contributed by atoms with Crippen LogP contribution in [-0.2, 0) is 16.0 Å². The van der Waals surface area contributed by atoms with Crippen LogP contribution in [0.1, 0.15) is 48.9 Å². The number of allylic oxidation sites excluding steroid dienone is 1. The van der Waals surface area contributed by atoms with Crippen molar-refractivity contribution in [3.8, 4) is 12.1 Å². The summed E-state index contributed by atoms with van der Waals surface area (Å²) in [5.41, 5.74) is -1.98. The molecule has 10 nitrogen and oxygen atoms in total. The highest BCUT2D eigenvalue weighted by Gasteiger charge is 2.46. The van der Waals surface area contributed by atoms with Crippen LogP contribution in [0.3, 0.4) is 0 Å². The standard InChI is InChI=1S/C27H24F3N5O5S/c1-15-20(14-32)24(19-10-9-16(13-31)11-23(19)41(2,39)40)35(25(37)33-21-7-4-8-22(21)36)26(38)34(15)18-6-3-5-17(12-18)27(28,29)30/h3,5-6,9-12,21-22,24,36H,4,7-8H2,1-2H3,(H,33,37)/t21?,22?,24-/m1/s1. The van der Waals surface area contributed by atoms with Gasteiger partial charge in [-0.25, -0.2) is 22.9 Å². The lowest BCUT2D eigenvalue weighted by molar-refractivity contribution is -0.137. The summed E-state index contributed by atoms with van der Waals surface area (Å²) in [6.07, 6.45) is -3.48. The Hall–Kier alpha value is -4.40. The fourth-order valence-electron chi connectivity index (χ4n) is 5.06. The lowest BCUT2D eigenvalue weighted by Gasteiger charge is -2.41. The number of rotatable bonds is 4. The highest BCUT2D eigenvalue weighted by atomic mass is 32.2. The summed E-state index contributed by atoms with van der Waals surface area (Å²) >= 11 is 0. The minimum atomic E-state index is -4.75. The summed E-state index contributed by atoms with van der Waals surface area (Å²) in [6.45, 7) is 1.30. The van der Waals surface area contributed by atoms with Crippen molar-refractivity contribution in [2.75, 3.05) is 11.2 Å². The van der Waals surface area contributed by atoms with Crippen LogP contribution in [0, 0.1) is 22.7 Å². The number of amides is 4. The quantitative estimate of drug-likeness (QED) is 0.538. The molecular formula is C27H24F3N5O5S. The minimum absolute atomic E-state index is 0.0359. The highest BCUT2D eigenvalue weighted by molar-refractivity contribution is 7.90. The third-order valence-corrected chi connectivity index (χ3v) is 8.20. The molecule has 214 valence electrons. The van der Waals surface area contributed by atoms with Crippen LogP contribution in [0.5, 0.6) is 0 Å². The number of imide groups is 1. The zero-order valence-electron chi connectivity index (χ0n) is 21.8. The maximum Gasteiger partial charge on any atom is 0.416 e. The normalized spacial score (nSPS) is 21.5. The SMILES string of the molecule is CC1=C(C#N)[C@@H](c2ccc(C#N)cc2S(C)(=O)=O)N(C(=O)NC2CCCC2O)C(=O)N1c1cccc(C(F)(F)F)c1. The number of aliphatic hydroxyl groups excluding tert-OH is 1. The molecule has 1 fully saturated rings. The van der Waals surface area contributed by atoms with E-state index in [0.717, 1.165) is 29.4 Å². The average molecular weight is 588 g/mol. The third kappa shape index (κ3) is 5.62. The molecule has 4 amide bonds. The van der Waals surface area contributed by atoms with E-state index < -0.39 is 56.7 Å².